The molecule has 0 aromatic heterocycles. The molecule has 1 atom stereocenters. The lowest BCUT2D eigenvalue weighted by atomic mass is 10.1. The van der Waals surface area contributed by atoms with Crippen LogP contribution in [0.15, 0.2) is 60.8 Å². The summed E-state index contributed by atoms with van der Waals surface area (Å²) in [7, 11) is 0. The van der Waals surface area contributed by atoms with Crippen LogP contribution in [0.1, 0.15) is 239 Å². The van der Waals surface area contributed by atoms with Crippen LogP contribution in [0.5, 0.6) is 0 Å². The molecule has 6 heteroatoms. The maximum Gasteiger partial charge on any atom is 0.309 e. The topological polar surface area (TPSA) is 78.9 Å². The zero-order valence-electron chi connectivity index (χ0n) is 38.8. The number of rotatable bonds is 44. The molecule has 0 spiro atoms. The van der Waals surface area contributed by atoms with Gasteiger partial charge in [-0.15, -0.1) is 0 Å². The van der Waals surface area contributed by atoms with Crippen molar-refractivity contribution in [3.8, 4) is 0 Å². The zero-order chi connectivity index (χ0) is 43.0. The maximum atomic E-state index is 12.7. The minimum atomic E-state index is -0.818. The van der Waals surface area contributed by atoms with Gasteiger partial charge in [-0.3, -0.25) is 14.4 Å². The Bertz CT molecular complexity index is 1090. The summed E-state index contributed by atoms with van der Waals surface area (Å²) in [6.45, 7) is 6.40. The molecule has 0 amide bonds. The monoisotopic (exact) mass is 825 g/mol. The van der Waals surface area contributed by atoms with Crippen LogP contribution in [0.25, 0.3) is 0 Å². The number of hydrogen-bond donors (Lipinski definition) is 0. The summed E-state index contributed by atoms with van der Waals surface area (Å²) in [6, 6.07) is 0. The van der Waals surface area contributed by atoms with Gasteiger partial charge in [0.2, 0.25) is 0 Å². The van der Waals surface area contributed by atoms with E-state index in [1.54, 1.807) is 6.08 Å². The molecule has 0 fully saturated rings. The lowest BCUT2D eigenvalue weighted by Gasteiger charge is -2.18. The fraction of sp³-hybridized carbons (Fsp3) is 0.755. The van der Waals surface area contributed by atoms with Crippen LogP contribution in [-0.4, -0.2) is 37.2 Å². The molecule has 0 aliphatic carbocycles. The Morgan fingerprint density at radius 2 is 0.729 bits per heavy atom. The summed E-state index contributed by atoms with van der Waals surface area (Å²) in [5.74, 6) is -1.06. The Morgan fingerprint density at radius 3 is 1.19 bits per heavy atom. The number of unbranched alkanes of at least 4 members (excludes halogenated alkanes) is 24. The molecule has 0 heterocycles. The number of hydrogen-bond acceptors (Lipinski definition) is 6. The van der Waals surface area contributed by atoms with E-state index in [2.05, 4.69) is 69.4 Å². The fourth-order valence-electron chi connectivity index (χ4n) is 6.79. The number of esters is 3. The minimum Gasteiger partial charge on any atom is -0.462 e. The lowest BCUT2D eigenvalue weighted by molar-refractivity contribution is -0.166. The van der Waals surface area contributed by atoms with E-state index in [0.717, 1.165) is 77.0 Å². The second kappa shape index (κ2) is 47.8. The van der Waals surface area contributed by atoms with Crippen LogP contribution in [0, 0.1) is 0 Å². The standard InChI is InChI=1S/C53H92O6/c1-4-7-10-13-16-19-21-23-25-26-27-28-30-31-34-37-40-43-46-52(55)58-49-50(48-57-51(54)45-42-39-36-33-18-15-12-9-6-3)59-53(56)47-44-41-38-35-32-29-24-22-20-17-14-11-8-5-2/h9,12,18,27-29,32-33,39,42,50H,4-8,10-11,13-17,19-26,30-31,34-38,40-41,43-49H2,1-3H3/b12-9-,28-27-,32-29-,33-18-,42-39-. The smallest absolute Gasteiger partial charge is 0.309 e. The van der Waals surface area contributed by atoms with Gasteiger partial charge < -0.3 is 14.2 Å². The van der Waals surface area contributed by atoms with Crippen molar-refractivity contribution in [2.45, 2.75) is 245 Å². The molecule has 0 aliphatic heterocycles. The third-order valence-electron chi connectivity index (χ3n) is 10.5. The summed E-state index contributed by atoms with van der Waals surface area (Å²) in [6.07, 6.45) is 58.2. The molecule has 0 aromatic rings. The first-order valence-corrected chi connectivity index (χ1v) is 24.8. The maximum absolute atomic E-state index is 12.7. The number of carbonyl (C=O) groups excluding carboxylic acids is 3. The molecule has 0 radical (unpaired) electrons. The molecule has 0 N–H and O–H groups in total. The van der Waals surface area contributed by atoms with E-state index < -0.39 is 12.1 Å². The first-order chi connectivity index (χ1) is 29.0. The fourth-order valence-corrected chi connectivity index (χ4v) is 6.79. The highest BCUT2D eigenvalue weighted by atomic mass is 16.6. The van der Waals surface area contributed by atoms with E-state index in [9.17, 15) is 14.4 Å². The van der Waals surface area contributed by atoms with Gasteiger partial charge in [0.05, 0.1) is 6.42 Å². The van der Waals surface area contributed by atoms with E-state index in [-0.39, 0.29) is 31.6 Å². The third kappa shape index (κ3) is 46.0. The number of allylic oxidation sites excluding steroid dienone is 9. The first-order valence-electron chi connectivity index (χ1n) is 24.8. The molecule has 0 saturated carbocycles. The van der Waals surface area contributed by atoms with Gasteiger partial charge in [0, 0.05) is 12.8 Å². The van der Waals surface area contributed by atoms with Crippen LogP contribution in [0.4, 0.5) is 0 Å². The van der Waals surface area contributed by atoms with Gasteiger partial charge in [0.15, 0.2) is 6.10 Å². The van der Waals surface area contributed by atoms with Crippen molar-refractivity contribution < 1.29 is 28.6 Å². The van der Waals surface area contributed by atoms with E-state index in [4.69, 9.17) is 14.2 Å². The van der Waals surface area contributed by atoms with Crippen LogP contribution < -0.4 is 0 Å². The molecular formula is C53H92O6. The van der Waals surface area contributed by atoms with Gasteiger partial charge in [-0.2, -0.15) is 0 Å². The first kappa shape index (κ1) is 56.1. The highest BCUT2D eigenvalue weighted by molar-refractivity contribution is 5.72. The molecule has 1 unspecified atom stereocenters. The number of ether oxygens (including phenoxy) is 3. The largest absolute Gasteiger partial charge is 0.462 e. The van der Waals surface area contributed by atoms with Crippen molar-refractivity contribution in [2.75, 3.05) is 13.2 Å². The molecule has 0 saturated heterocycles. The molecule has 0 aliphatic rings. The van der Waals surface area contributed by atoms with Crippen LogP contribution in [0.2, 0.25) is 0 Å². The quantitative estimate of drug-likeness (QED) is 0.0263. The second-order valence-electron chi connectivity index (χ2n) is 16.4. The van der Waals surface area contributed by atoms with Crippen molar-refractivity contribution in [3.05, 3.63) is 60.8 Å². The van der Waals surface area contributed by atoms with Gasteiger partial charge in [-0.25, -0.2) is 0 Å². The van der Waals surface area contributed by atoms with Crippen LogP contribution >= 0.6 is 0 Å². The summed E-state index contributed by atoms with van der Waals surface area (Å²) < 4.78 is 16.6. The lowest BCUT2D eigenvalue weighted by Crippen LogP contribution is -2.30. The summed E-state index contributed by atoms with van der Waals surface area (Å²) >= 11 is 0. The van der Waals surface area contributed by atoms with Crippen LogP contribution in [-0.2, 0) is 28.6 Å². The van der Waals surface area contributed by atoms with E-state index >= 15 is 0 Å². The summed E-state index contributed by atoms with van der Waals surface area (Å²) in [5, 5.41) is 0. The Morgan fingerprint density at radius 1 is 0.373 bits per heavy atom. The Kier molecular flexibility index (Phi) is 45.4. The molecule has 59 heavy (non-hydrogen) atoms. The average Bonchev–Trinajstić information content (AvgIpc) is 3.23. The third-order valence-corrected chi connectivity index (χ3v) is 10.5. The predicted molar refractivity (Wildman–Crippen MR) is 251 cm³/mol. The molecule has 6 nitrogen and oxygen atoms in total. The van der Waals surface area contributed by atoms with E-state index in [0.29, 0.717) is 12.8 Å². The normalized spacial score (nSPS) is 12.5. The van der Waals surface area contributed by atoms with Crippen molar-refractivity contribution in [1.82, 2.24) is 0 Å². The summed E-state index contributed by atoms with van der Waals surface area (Å²) in [4.78, 5) is 37.7. The van der Waals surface area contributed by atoms with Gasteiger partial charge >= 0.3 is 17.9 Å². The highest BCUT2D eigenvalue weighted by Crippen LogP contribution is 2.14. The van der Waals surface area contributed by atoms with Gasteiger partial charge in [0.1, 0.15) is 13.2 Å². The average molecular weight is 825 g/mol. The summed E-state index contributed by atoms with van der Waals surface area (Å²) in [5.41, 5.74) is 0. The Labute approximate surface area is 364 Å². The van der Waals surface area contributed by atoms with E-state index in [1.165, 1.54) is 122 Å². The second-order valence-corrected chi connectivity index (χ2v) is 16.4. The molecule has 0 aromatic carbocycles. The van der Waals surface area contributed by atoms with Crippen molar-refractivity contribution in [1.29, 1.82) is 0 Å². The molecule has 340 valence electrons. The highest BCUT2D eigenvalue weighted by Gasteiger charge is 2.19. The Balaban J connectivity index is 4.39. The van der Waals surface area contributed by atoms with Gasteiger partial charge in [-0.05, 0) is 83.5 Å². The predicted octanol–water partition coefficient (Wildman–Crippen LogP) is 16.1. The van der Waals surface area contributed by atoms with Crippen LogP contribution in [0.3, 0.4) is 0 Å². The van der Waals surface area contributed by atoms with Crippen molar-refractivity contribution in [3.63, 3.8) is 0 Å². The zero-order valence-corrected chi connectivity index (χ0v) is 38.8. The Hall–Kier alpha value is -2.89. The SMILES string of the molecule is CC/C=C\C/C=C\C/C=C\CC(=O)OCC(COC(=O)CCCCCCC/C=C\CCCCCCCCCCC)OC(=O)CCCCC/C=C\CCCCCCCCC. The minimum absolute atomic E-state index is 0.111. The van der Waals surface area contributed by atoms with Crippen molar-refractivity contribution >= 4 is 17.9 Å². The number of carbonyl (C=O) groups is 3. The molecule has 0 bridgehead atoms. The molecule has 0 rings (SSSR count). The van der Waals surface area contributed by atoms with Gasteiger partial charge in [0.25, 0.3) is 0 Å². The van der Waals surface area contributed by atoms with E-state index in [1.807, 2.05) is 6.08 Å². The van der Waals surface area contributed by atoms with Gasteiger partial charge in [-0.1, -0.05) is 197 Å². The molecular weight excluding hydrogens is 733 g/mol. The van der Waals surface area contributed by atoms with Crippen molar-refractivity contribution in [2.24, 2.45) is 0 Å².